The molecule has 0 radical (unpaired) electrons. The zero-order valence-corrected chi connectivity index (χ0v) is 8.69. The second-order valence-corrected chi connectivity index (χ2v) is 3.42. The Bertz CT molecular complexity index is 445. The Balaban J connectivity index is 2.05. The van der Waals surface area contributed by atoms with Crippen molar-refractivity contribution in [2.75, 3.05) is 13.1 Å². The van der Waals surface area contributed by atoms with Crippen LogP contribution in [-0.4, -0.2) is 22.6 Å². The van der Waals surface area contributed by atoms with Crippen LogP contribution in [0.3, 0.4) is 0 Å². The molecule has 0 amide bonds. The van der Waals surface area contributed by atoms with E-state index in [0.29, 0.717) is 0 Å². The van der Waals surface area contributed by atoms with Crippen molar-refractivity contribution in [3.8, 4) is 0 Å². The second-order valence-electron chi connectivity index (χ2n) is 3.42. The van der Waals surface area contributed by atoms with E-state index in [4.69, 9.17) is 0 Å². The molecular weight excluding hydrogens is 186 g/mol. The topological polar surface area (TPSA) is 29.9 Å². The molecule has 3 heteroatoms. The summed E-state index contributed by atoms with van der Waals surface area (Å²) in [5.41, 5.74) is 2.25. The monoisotopic (exact) mass is 201 g/mol. The fourth-order valence-corrected chi connectivity index (χ4v) is 1.59. The van der Waals surface area contributed by atoms with E-state index >= 15 is 0 Å². The van der Waals surface area contributed by atoms with Crippen molar-refractivity contribution in [1.29, 1.82) is 0 Å². The normalized spacial score (nSPS) is 10.7. The number of imidazole rings is 1. The molecule has 0 bridgehead atoms. The minimum atomic E-state index is 0.854. The van der Waals surface area contributed by atoms with Crippen molar-refractivity contribution in [1.82, 2.24) is 14.9 Å². The Hall–Kier alpha value is -1.61. The van der Waals surface area contributed by atoms with E-state index < -0.39 is 0 Å². The molecule has 0 fully saturated rings. The molecule has 2 aromatic rings. The molecule has 0 unspecified atom stereocenters. The summed E-state index contributed by atoms with van der Waals surface area (Å²) in [6.07, 6.45) is 3.76. The average molecular weight is 201 g/mol. The van der Waals surface area contributed by atoms with E-state index in [1.807, 2.05) is 30.6 Å². The molecule has 0 saturated carbocycles. The molecule has 1 heterocycles. The third-order valence-electron chi connectivity index (χ3n) is 2.35. The van der Waals surface area contributed by atoms with Gasteiger partial charge in [-0.25, -0.2) is 4.98 Å². The summed E-state index contributed by atoms with van der Waals surface area (Å²) in [7, 11) is 0. The lowest BCUT2D eigenvalue weighted by atomic mass is 10.3. The van der Waals surface area contributed by atoms with Crippen molar-refractivity contribution < 1.29 is 0 Å². The Morgan fingerprint density at radius 3 is 3.13 bits per heavy atom. The number of hydrogen-bond donors (Lipinski definition) is 1. The highest BCUT2D eigenvalue weighted by atomic mass is 15.1. The van der Waals surface area contributed by atoms with Crippen molar-refractivity contribution in [3.63, 3.8) is 0 Å². The summed E-state index contributed by atoms with van der Waals surface area (Å²) in [6, 6.07) is 8.17. The Kier molecular flexibility index (Phi) is 3.15. The van der Waals surface area contributed by atoms with Crippen molar-refractivity contribution in [2.45, 2.75) is 6.54 Å². The molecule has 15 heavy (non-hydrogen) atoms. The standard InChI is InChI=1S/C12H15N3/c1-2-7-13-8-9-15-10-14-11-5-3-4-6-12(11)15/h2-6,10,13H,1,7-9H2. The van der Waals surface area contributed by atoms with Crippen LogP contribution in [0.4, 0.5) is 0 Å². The van der Waals surface area contributed by atoms with Crippen molar-refractivity contribution in [3.05, 3.63) is 43.2 Å². The quantitative estimate of drug-likeness (QED) is 0.590. The first-order chi connectivity index (χ1) is 7.42. The van der Waals surface area contributed by atoms with E-state index in [0.717, 1.165) is 25.2 Å². The zero-order chi connectivity index (χ0) is 10.5. The highest BCUT2D eigenvalue weighted by Crippen LogP contribution is 2.10. The molecule has 0 saturated heterocycles. The summed E-state index contributed by atoms with van der Waals surface area (Å²) in [5, 5.41) is 3.27. The fraction of sp³-hybridized carbons (Fsp3) is 0.250. The van der Waals surface area contributed by atoms with Gasteiger partial charge < -0.3 is 9.88 Å². The second kappa shape index (κ2) is 4.75. The predicted molar refractivity (Wildman–Crippen MR) is 62.8 cm³/mol. The Labute approximate surface area is 89.4 Å². The van der Waals surface area contributed by atoms with E-state index in [1.54, 1.807) is 0 Å². The zero-order valence-electron chi connectivity index (χ0n) is 8.69. The molecule has 2 rings (SSSR count). The van der Waals surface area contributed by atoms with Gasteiger partial charge in [-0.2, -0.15) is 0 Å². The van der Waals surface area contributed by atoms with Crippen LogP contribution in [0.15, 0.2) is 43.2 Å². The predicted octanol–water partition coefficient (Wildman–Crippen LogP) is 1.81. The number of nitrogens with one attached hydrogen (secondary N) is 1. The van der Waals surface area contributed by atoms with Crippen molar-refractivity contribution >= 4 is 11.0 Å². The Morgan fingerprint density at radius 2 is 2.27 bits per heavy atom. The van der Waals surface area contributed by atoms with E-state index in [1.165, 1.54) is 5.52 Å². The first kappa shape index (κ1) is 9.93. The van der Waals surface area contributed by atoms with Crippen LogP contribution in [0.1, 0.15) is 0 Å². The number of hydrogen-bond acceptors (Lipinski definition) is 2. The van der Waals surface area contributed by atoms with Gasteiger partial charge in [-0.1, -0.05) is 18.2 Å². The summed E-state index contributed by atoms with van der Waals surface area (Å²) < 4.78 is 2.16. The maximum absolute atomic E-state index is 4.33. The number of aromatic nitrogens is 2. The van der Waals surface area contributed by atoms with Crippen LogP contribution in [0, 0.1) is 0 Å². The van der Waals surface area contributed by atoms with Crippen LogP contribution >= 0.6 is 0 Å². The lowest BCUT2D eigenvalue weighted by Gasteiger charge is -2.04. The first-order valence-electron chi connectivity index (χ1n) is 5.13. The first-order valence-corrected chi connectivity index (χ1v) is 5.13. The molecule has 78 valence electrons. The van der Waals surface area contributed by atoms with E-state index in [2.05, 4.69) is 27.5 Å². The molecular formula is C12H15N3. The summed E-state index contributed by atoms with van der Waals surface area (Å²) in [5.74, 6) is 0. The van der Waals surface area contributed by atoms with Gasteiger partial charge in [-0.3, -0.25) is 0 Å². The number of para-hydroxylation sites is 2. The minimum absolute atomic E-state index is 0.854. The number of fused-ring (bicyclic) bond motifs is 1. The van der Waals surface area contributed by atoms with Gasteiger partial charge in [0.2, 0.25) is 0 Å². The van der Waals surface area contributed by atoms with Gasteiger partial charge in [-0.05, 0) is 12.1 Å². The molecule has 3 nitrogen and oxygen atoms in total. The number of benzene rings is 1. The molecule has 0 aliphatic heterocycles. The lowest BCUT2D eigenvalue weighted by Crippen LogP contribution is -2.19. The van der Waals surface area contributed by atoms with Gasteiger partial charge in [-0.15, -0.1) is 6.58 Å². The maximum atomic E-state index is 4.33. The highest BCUT2D eigenvalue weighted by Gasteiger charge is 1.99. The van der Waals surface area contributed by atoms with Crippen LogP contribution in [0.2, 0.25) is 0 Å². The van der Waals surface area contributed by atoms with Gasteiger partial charge in [0.1, 0.15) is 0 Å². The van der Waals surface area contributed by atoms with Gasteiger partial charge >= 0.3 is 0 Å². The number of rotatable bonds is 5. The minimum Gasteiger partial charge on any atom is -0.329 e. The van der Waals surface area contributed by atoms with Crippen LogP contribution in [0.25, 0.3) is 11.0 Å². The van der Waals surface area contributed by atoms with Gasteiger partial charge in [0, 0.05) is 19.6 Å². The van der Waals surface area contributed by atoms with Gasteiger partial charge in [0.15, 0.2) is 0 Å². The molecule has 0 aliphatic carbocycles. The third-order valence-corrected chi connectivity index (χ3v) is 2.35. The molecule has 0 spiro atoms. The van der Waals surface area contributed by atoms with Crippen LogP contribution in [0.5, 0.6) is 0 Å². The molecule has 0 atom stereocenters. The molecule has 1 aromatic heterocycles. The number of nitrogens with zero attached hydrogens (tertiary/aromatic N) is 2. The smallest absolute Gasteiger partial charge is 0.0958 e. The van der Waals surface area contributed by atoms with E-state index in [-0.39, 0.29) is 0 Å². The summed E-state index contributed by atoms with van der Waals surface area (Å²) >= 11 is 0. The van der Waals surface area contributed by atoms with Crippen LogP contribution < -0.4 is 5.32 Å². The van der Waals surface area contributed by atoms with Crippen LogP contribution in [-0.2, 0) is 6.54 Å². The Morgan fingerprint density at radius 1 is 1.40 bits per heavy atom. The van der Waals surface area contributed by atoms with Gasteiger partial charge in [0.25, 0.3) is 0 Å². The average Bonchev–Trinajstić information content (AvgIpc) is 2.68. The van der Waals surface area contributed by atoms with E-state index in [9.17, 15) is 0 Å². The van der Waals surface area contributed by atoms with Gasteiger partial charge in [0.05, 0.1) is 17.4 Å². The SMILES string of the molecule is C=CCNCCn1cnc2ccccc21. The molecule has 1 aromatic carbocycles. The largest absolute Gasteiger partial charge is 0.329 e. The highest BCUT2D eigenvalue weighted by molar-refractivity contribution is 5.74. The maximum Gasteiger partial charge on any atom is 0.0958 e. The van der Waals surface area contributed by atoms with Crippen molar-refractivity contribution in [2.24, 2.45) is 0 Å². The fourth-order valence-electron chi connectivity index (χ4n) is 1.59. The summed E-state index contributed by atoms with van der Waals surface area (Å²) in [6.45, 7) is 6.39. The third kappa shape index (κ3) is 2.25. The summed E-state index contributed by atoms with van der Waals surface area (Å²) in [4.78, 5) is 4.33. The lowest BCUT2D eigenvalue weighted by molar-refractivity contribution is 0.637. The molecule has 1 N–H and O–H groups in total. The molecule has 0 aliphatic rings.